The van der Waals surface area contributed by atoms with Crippen LogP contribution >= 0.6 is 0 Å². The van der Waals surface area contributed by atoms with Crippen LogP contribution in [0.1, 0.15) is 24.0 Å². The molecule has 158 valence electrons. The van der Waals surface area contributed by atoms with Gasteiger partial charge in [-0.1, -0.05) is 36.4 Å². The van der Waals surface area contributed by atoms with Gasteiger partial charge in [-0.2, -0.15) is 13.2 Å². The highest BCUT2D eigenvalue weighted by atomic mass is 19.4. The zero-order valence-corrected chi connectivity index (χ0v) is 15.9. The SMILES string of the molecule is O=C(Nc1cccc(C(F)(F)F)c1)ON1CCC2(C=C(c3ccccc3)NO2)CC1. The summed E-state index contributed by atoms with van der Waals surface area (Å²) in [5.41, 5.74) is 3.58. The fraction of sp³-hybridized carbons (Fsp3) is 0.286. The van der Waals surface area contributed by atoms with Crippen molar-refractivity contribution in [3.63, 3.8) is 0 Å². The number of anilines is 1. The fourth-order valence-corrected chi connectivity index (χ4v) is 3.47. The number of nitrogens with one attached hydrogen (secondary N) is 2. The molecule has 0 bridgehead atoms. The number of piperidine rings is 1. The minimum Gasteiger partial charge on any atom is -0.351 e. The van der Waals surface area contributed by atoms with Crippen LogP contribution in [0.15, 0.2) is 60.7 Å². The average Bonchev–Trinajstić information content (AvgIpc) is 3.14. The third-order valence-electron chi connectivity index (χ3n) is 5.07. The first kappa shape index (κ1) is 20.2. The zero-order valence-electron chi connectivity index (χ0n) is 15.9. The number of amides is 1. The van der Waals surface area contributed by atoms with Gasteiger partial charge in [0.2, 0.25) is 0 Å². The average molecular weight is 419 g/mol. The molecule has 0 aliphatic carbocycles. The molecule has 0 radical (unpaired) electrons. The van der Waals surface area contributed by atoms with E-state index in [-0.39, 0.29) is 5.69 Å². The molecule has 1 amide bonds. The van der Waals surface area contributed by atoms with Crippen LogP contribution in [0.25, 0.3) is 5.70 Å². The Morgan fingerprint density at radius 1 is 1.10 bits per heavy atom. The largest absolute Gasteiger partial charge is 0.430 e. The van der Waals surface area contributed by atoms with Crippen LogP contribution in [0.5, 0.6) is 0 Å². The van der Waals surface area contributed by atoms with E-state index in [9.17, 15) is 18.0 Å². The van der Waals surface area contributed by atoms with Crippen LogP contribution in [0.3, 0.4) is 0 Å². The molecule has 0 saturated carbocycles. The van der Waals surface area contributed by atoms with Crippen LogP contribution in [-0.4, -0.2) is 29.8 Å². The predicted octanol–water partition coefficient (Wildman–Crippen LogP) is 4.58. The number of hydroxylamine groups is 3. The van der Waals surface area contributed by atoms with E-state index in [1.807, 2.05) is 36.4 Å². The Morgan fingerprint density at radius 2 is 1.83 bits per heavy atom. The van der Waals surface area contributed by atoms with Gasteiger partial charge in [-0.25, -0.2) is 4.79 Å². The molecule has 0 atom stereocenters. The summed E-state index contributed by atoms with van der Waals surface area (Å²) in [7, 11) is 0. The summed E-state index contributed by atoms with van der Waals surface area (Å²) in [5, 5.41) is 3.81. The fourth-order valence-electron chi connectivity index (χ4n) is 3.47. The molecule has 1 spiro atoms. The van der Waals surface area contributed by atoms with E-state index in [2.05, 4.69) is 10.8 Å². The smallest absolute Gasteiger partial charge is 0.351 e. The second-order valence-electron chi connectivity index (χ2n) is 7.20. The number of nitrogens with zero attached hydrogens (tertiary/aromatic N) is 1. The molecule has 2 N–H and O–H groups in total. The number of hydrogen-bond donors (Lipinski definition) is 2. The Balaban J connectivity index is 1.31. The number of benzene rings is 2. The zero-order chi connectivity index (χ0) is 21.2. The number of carbonyl (C=O) groups is 1. The van der Waals surface area contributed by atoms with E-state index in [1.165, 1.54) is 17.2 Å². The quantitative estimate of drug-likeness (QED) is 0.763. The van der Waals surface area contributed by atoms with Crippen molar-refractivity contribution in [2.45, 2.75) is 24.6 Å². The van der Waals surface area contributed by atoms with Crippen molar-refractivity contribution in [1.29, 1.82) is 0 Å². The third-order valence-corrected chi connectivity index (χ3v) is 5.07. The first-order chi connectivity index (χ1) is 14.3. The molecule has 2 aromatic carbocycles. The summed E-state index contributed by atoms with van der Waals surface area (Å²) >= 11 is 0. The second-order valence-corrected chi connectivity index (χ2v) is 7.20. The van der Waals surface area contributed by atoms with E-state index >= 15 is 0 Å². The van der Waals surface area contributed by atoms with Gasteiger partial charge in [-0.05, 0) is 42.7 Å². The van der Waals surface area contributed by atoms with Crippen molar-refractivity contribution in [3.8, 4) is 0 Å². The van der Waals surface area contributed by atoms with Gasteiger partial charge in [-0.15, -0.1) is 5.06 Å². The lowest BCUT2D eigenvalue weighted by atomic mass is 9.91. The molecule has 30 heavy (non-hydrogen) atoms. The molecule has 4 rings (SSSR count). The number of halogens is 3. The van der Waals surface area contributed by atoms with Gasteiger partial charge in [0.05, 0.1) is 11.3 Å². The Morgan fingerprint density at radius 3 is 2.53 bits per heavy atom. The van der Waals surface area contributed by atoms with Gasteiger partial charge in [0.15, 0.2) is 0 Å². The van der Waals surface area contributed by atoms with E-state index in [1.54, 1.807) is 0 Å². The van der Waals surface area contributed by atoms with Gasteiger partial charge >= 0.3 is 12.3 Å². The van der Waals surface area contributed by atoms with E-state index < -0.39 is 23.4 Å². The van der Waals surface area contributed by atoms with Gasteiger partial charge in [0.25, 0.3) is 0 Å². The van der Waals surface area contributed by atoms with E-state index in [0.717, 1.165) is 23.4 Å². The number of rotatable bonds is 3. The molecule has 9 heteroatoms. The summed E-state index contributed by atoms with van der Waals surface area (Å²) in [6, 6.07) is 14.2. The maximum atomic E-state index is 12.8. The lowest BCUT2D eigenvalue weighted by Crippen LogP contribution is -2.45. The Hall–Kier alpha value is -3.04. The molecular weight excluding hydrogens is 399 g/mol. The van der Waals surface area contributed by atoms with Gasteiger partial charge < -0.3 is 4.84 Å². The van der Waals surface area contributed by atoms with Crippen molar-refractivity contribution in [2.24, 2.45) is 0 Å². The molecular formula is C21H20F3N3O3. The first-order valence-electron chi connectivity index (χ1n) is 9.46. The van der Waals surface area contributed by atoms with E-state index in [4.69, 9.17) is 9.68 Å². The standard InChI is InChI=1S/C21H20F3N3O3/c22-21(23,24)16-7-4-8-17(13-16)25-19(28)29-27-11-9-20(10-12-27)14-18(26-30-20)15-5-2-1-3-6-15/h1-8,13-14,26H,9-12H2,(H,25,28). The molecule has 0 unspecified atom stereocenters. The molecule has 6 nitrogen and oxygen atoms in total. The first-order valence-corrected chi connectivity index (χ1v) is 9.46. The molecule has 2 heterocycles. The second kappa shape index (κ2) is 8.00. The van der Waals surface area contributed by atoms with Crippen LogP contribution in [0, 0.1) is 0 Å². The normalized spacial score (nSPS) is 18.6. The van der Waals surface area contributed by atoms with Crippen molar-refractivity contribution in [1.82, 2.24) is 10.5 Å². The van der Waals surface area contributed by atoms with Gasteiger partial charge in [0.1, 0.15) is 5.60 Å². The van der Waals surface area contributed by atoms with Crippen molar-refractivity contribution in [3.05, 3.63) is 71.8 Å². The third kappa shape index (κ3) is 4.58. The maximum absolute atomic E-state index is 12.8. The topological polar surface area (TPSA) is 62.8 Å². The minimum atomic E-state index is -4.48. The molecule has 1 fully saturated rings. The monoisotopic (exact) mass is 419 g/mol. The van der Waals surface area contributed by atoms with Crippen molar-refractivity contribution in [2.75, 3.05) is 18.4 Å². The molecule has 0 aromatic heterocycles. The summed E-state index contributed by atoms with van der Waals surface area (Å²) < 4.78 is 38.4. The van der Waals surface area contributed by atoms with Crippen LogP contribution < -0.4 is 10.8 Å². The molecule has 1 saturated heterocycles. The Kier molecular flexibility index (Phi) is 5.40. The summed E-state index contributed by atoms with van der Waals surface area (Å²) in [6.07, 6.45) is -2.09. The van der Waals surface area contributed by atoms with Crippen molar-refractivity contribution < 1.29 is 27.6 Å². The summed E-state index contributed by atoms with van der Waals surface area (Å²) in [5.74, 6) is 0. The predicted molar refractivity (Wildman–Crippen MR) is 104 cm³/mol. The van der Waals surface area contributed by atoms with E-state index in [0.29, 0.717) is 25.9 Å². The Labute approximate surface area is 171 Å². The van der Waals surface area contributed by atoms with Crippen LogP contribution in [0.4, 0.5) is 23.7 Å². The summed E-state index contributed by atoms with van der Waals surface area (Å²) in [4.78, 5) is 23.1. The van der Waals surface area contributed by atoms with Crippen LogP contribution in [-0.2, 0) is 15.9 Å². The number of carbonyl (C=O) groups excluding carboxylic acids is 1. The molecule has 2 aromatic rings. The van der Waals surface area contributed by atoms with Gasteiger partial charge in [0, 0.05) is 18.8 Å². The van der Waals surface area contributed by atoms with Crippen molar-refractivity contribution >= 4 is 17.5 Å². The molecule has 2 aliphatic heterocycles. The Bertz CT molecular complexity index is 939. The highest BCUT2D eigenvalue weighted by Gasteiger charge is 2.40. The lowest BCUT2D eigenvalue weighted by Gasteiger charge is -2.35. The lowest BCUT2D eigenvalue weighted by molar-refractivity contribution is -0.153. The number of hydrogen-bond acceptors (Lipinski definition) is 5. The van der Waals surface area contributed by atoms with Gasteiger partial charge in [-0.3, -0.25) is 15.6 Å². The molecule has 2 aliphatic rings. The minimum absolute atomic E-state index is 0.0158. The maximum Gasteiger partial charge on any atom is 0.430 e. The van der Waals surface area contributed by atoms with Crippen LogP contribution in [0.2, 0.25) is 0 Å². The summed E-state index contributed by atoms with van der Waals surface area (Å²) in [6.45, 7) is 0.854. The highest BCUT2D eigenvalue weighted by molar-refractivity contribution is 5.84. The highest BCUT2D eigenvalue weighted by Crippen LogP contribution is 2.35. The number of alkyl halides is 3.